The Labute approximate surface area is 388 Å². The molecule has 13 aromatic rings. The lowest BCUT2D eigenvalue weighted by Crippen LogP contribution is -2.04. The molecule has 0 aliphatic rings. The summed E-state index contributed by atoms with van der Waals surface area (Å²) in [4.78, 5) is 5.33. The molecule has 0 aliphatic heterocycles. The number of para-hydroxylation sites is 1. The molecular weight excluding hydrogens is 813 g/mol. The first kappa shape index (κ1) is 38.6. The van der Waals surface area contributed by atoms with Crippen LogP contribution in [0.25, 0.3) is 104 Å². The van der Waals surface area contributed by atoms with Crippen molar-refractivity contribution in [2.45, 2.75) is 6.54 Å². The Balaban J connectivity index is 0.894. The van der Waals surface area contributed by atoms with Crippen LogP contribution in [0.5, 0.6) is 0 Å². The third-order valence-corrected chi connectivity index (χ3v) is 13.5. The fraction of sp³-hybridized carbons (Fsp3) is 0.0156. The second kappa shape index (κ2) is 16.0. The molecule has 0 amide bonds. The van der Waals surface area contributed by atoms with Crippen LogP contribution in [0.1, 0.15) is 16.7 Å². The predicted molar refractivity (Wildman–Crippen MR) is 282 cm³/mol. The van der Waals surface area contributed by atoms with Crippen molar-refractivity contribution in [2.75, 3.05) is 0 Å². The molecular formula is C64H42N2O. The van der Waals surface area contributed by atoms with E-state index in [0.29, 0.717) is 6.54 Å². The van der Waals surface area contributed by atoms with Crippen molar-refractivity contribution in [3.8, 4) is 39.1 Å². The molecule has 2 heterocycles. The molecule has 314 valence electrons. The number of hydrogen-bond donors (Lipinski definition) is 0. The van der Waals surface area contributed by atoms with Gasteiger partial charge in [0.1, 0.15) is 11.2 Å². The lowest BCUT2D eigenvalue weighted by Gasteiger charge is -2.13. The molecule has 3 nitrogen and oxygen atoms in total. The van der Waals surface area contributed by atoms with Gasteiger partial charge in [-0.2, -0.15) is 0 Å². The van der Waals surface area contributed by atoms with Crippen LogP contribution >= 0.6 is 0 Å². The topological polar surface area (TPSA) is 30.4 Å². The molecule has 0 saturated carbocycles. The molecule has 0 fully saturated rings. The van der Waals surface area contributed by atoms with E-state index in [4.69, 9.17) is 9.41 Å². The molecule has 0 saturated heterocycles. The van der Waals surface area contributed by atoms with E-state index in [1.165, 1.54) is 65.7 Å². The summed E-state index contributed by atoms with van der Waals surface area (Å²) in [6, 6.07) is 87.2. The standard InChI is InChI=1S/C64H42N2O/c1-3-13-43(14-4-1)44-25-27-45(28-26-44)46-29-31-49(32-30-46)64(48-16-5-2-6-17-48)65-41-42-23-35-51(36-24-42)66-58-38-34-47-15-7-8-18-52(47)62(58)63-56-21-10-9-19-53(56)57(40-59(63)66)50-33-37-55-54-20-11-12-22-60(54)67-61(55)39-50/h1-40H,41H2/b65-64+. The number of aliphatic imine (C=N–C) groups is 1. The fourth-order valence-electron chi connectivity index (χ4n) is 10.2. The highest BCUT2D eigenvalue weighted by atomic mass is 16.3. The van der Waals surface area contributed by atoms with Crippen LogP contribution in [0, 0.1) is 0 Å². The van der Waals surface area contributed by atoms with E-state index < -0.39 is 0 Å². The van der Waals surface area contributed by atoms with Crippen molar-refractivity contribution in [1.29, 1.82) is 0 Å². The Morgan fingerprint density at radius 3 is 1.67 bits per heavy atom. The number of aromatic nitrogens is 1. The Bertz CT molecular complexity index is 4010. The summed E-state index contributed by atoms with van der Waals surface area (Å²) in [6.07, 6.45) is 0. The Kier molecular flexibility index (Phi) is 9.24. The van der Waals surface area contributed by atoms with Crippen molar-refractivity contribution in [3.05, 3.63) is 259 Å². The average Bonchev–Trinajstić information content (AvgIpc) is 3.95. The number of fused-ring (bicyclic) bond motifs is 10. The monoisotopic (exact) mass is 854 g/mol. The first-order chi connectivity index (χ1) is 33.2. The SMILES string of the molecule is c1ccc(/C(=N\Cc2ccc(-n3c4ccc5ccccc5c4c4c5ccccc5c(-c5ccc6c(c5)oc5ccccc56)cc43)cc2)c2ccc(-c3ccc(-c4ccccc4)cc3)cc2)cc1. The van der Waals surface area contributed by atoms with Gasteiger partial charge in [-0.25, -0.2) is 0 Å². The Morgan fingerprint density at radius 1 is 0.373 bits per heavy atom. The van der Waals surface area contributed by atoms with E-state index in [1.807, 2.05) is 12.1 Å². The lowest BCUT2D eigenvalue weighted by atomic mass is 9.93. The van der Waals surface area contributed by atoms with Crippen LogP contribution in [0.15, 0.2) is 252 Å². The van der Waals surface area contributed by atoms with E-state index in [2.05, 4.69) is 235 Å². The summed E-state index contributed by atoms with van der Waals surface area (Å²) >= 11 is 0. The van der Waals surface area contributed by atoms with Crippen molar-refractivity contribution < 1.29 is 4.42 Å². The van der Waals surface area contributed by atoms with Gasteiger partial charge < -0.3 is 8.98 Å². The number of rotatable bonds is 8. The minimum absolute atomic E-state index is 0.546. The molecule has 0 unspecified atom stereocenters. The van der Waals surface area contributed by atoms with E-state index >= 15 is 0 Å². The Morgan fingerprint density at radius 2 is 0.925 bits per heavy atom. The maximum absolute atomic E-state index is 6.42. The zero-order valence-electron chi connectivity index (χ0n) is 36.6. The third kappa shape index (κ3) is 6.71. The number of furan rings is 1. The van der Waals surface area contributed by atoms with Gasteiger partial charge in [0.05, 0.1) is 23.3 Å². The van der Waals surface area contributed by atoms with Crippen LogP contribution in [0.4, 0.5) is 0 Å². The maximum Gasteiger partial charge on any atom is 0.136 e. The lowest BCUT2D eigenvalue weighted by molar-refractivity contribution is 0.669. The summed E-state index contributed by atoms with van der Waals surface area (Å²) in [6.45, 7) is 0.546. The van der Waals surface area contributed by atoms with Gasteiger partial charge in [-0.1, -0.05) is 200 Å². The largest absolute Gasteiger partial charge is 0.456 e. The molecule has 0 atom stereocenters. The molecule has 2 aromatic heterocycles. The van der Waals surface area contributed by atoms with Crippen molar-refractivity contribution in [3.63, 3.8) is 0 Å². The molecule has 0 spiro atoms. The van der Waals surface area contributed by atoms with Crippen LogP contribution in [0.2, 0.25) is 0 Å². The van der Waals surface area contributed by atoms with E-state index in [-0.39, 0.29) is 0 Å². The van der Waals surface area contributed by atoms with Gasteiger partial charge in [-0.05, 0) is 103 Å². The highest BCUT2D eigenvalue weighted by Gasteiger charge is 2.21. The van der Waals surface area contributed by atoms with Crippen LogP contribution < -0.4 is 0 Å². The number of nitrogens with zero attached hydrogens (tertiary/aromatic N) is 2. The number of benzene rings is 11. The maximum atomic E-state index is 6.42. The van der Waals surface area contributed by atoms with Gasteiger partial charge >= 0.3 is 0 Å². The molecule has 13 rings (SSSR count). The van der Waals surface area contributed by atoms with Gasteiger partial charge in [-0.15, -0.1) is 0 Å². The smallest absolute Gasteiger partial charge is 0.136 e. The second-order valence-corrected chi connectivity index (χ2v) is 17.4. The molecule has 3 heteroatoms. The van der Waals surface area contributed by atoms with Crippen LogP contribution in [0.3, 0.4) is 0 Å². The summed E-state index contributed by atoms with van der Waals surface area (Å²) in [5.74, 6) is 0. The first-order valence-corrected chi connectivity index (χ1v) is 23.0. The van der Waals surface area contributed by atoms with Gasteiger partial charge in [0.2, 0.25) is 0 Å². The molecule has 0 N–H and O–H groups in total. The quantitative estimate of drug-likeness (QED) is 0.140. The molecule has 0 radical (unpaired) electrons. The zero-order chi connectivity index (χ0) is 44.3. The Hall–Kier alpha value is -8.79. The summed E-state index contributed by atoms with van der Waals surface area (Å²) in [5, 5.41) is 9.71. The van der Waals surface area contributed by atoms with E-state index in [9.17, 15) is 0 Å². The van der Waals surface area contributed by atoms with E-state index in [1.54, 1.807) is 0 Å². The molecule has 0 bridgehead atoms. The van der Waals surface area contributed by atoms with Gasteiger partial charge in [0, 0.05) is 38.4 Å². The summed E-state index contributed by atoms with van der Waals surface area (Å²) in [5.41, 5.74) is 16.7. The molecule has 67 heavy (non-hydrogen) atoms. The van der Waals surface area contributed by atoms with Gasteiger partial charge in [0.25, 0.3) is 0 Å². The van der Waals surface area contributed by atoms with Crippen molar-refractivity contribution >= 4 is 71.0 Å². The van der Waals surface area contributed by atoms with Crippen molar-refractivity contribution in [1.82, 2.24) is 4.57 Å². The number of hydrogen-bond acceptors (Lipinski definition) is 2. The van der Waals surface area contributed by atoms with Crippen molar-refractivity contribution in [2.24, 2.45) is 4.99 Å². The molecule has 0 aliphatic carbocycles. The average molecular weight is 855 g/mol. The predicted octanol–water partition coefficient (Wildman–Crippen LogP) is 17.0. The fourth-order valence-corrected chi connectivity index (χ4v) is 10.2. The van der Waals surface area contributed by atoms with Crippen LogP contribution in [-0.2, 0) is 6.54 Å². The van der Waals surface area contributed by atoms with Gasteiger partial charge in [-0.3, -0.25) is 4.99 Å². The summed E-state index contributed by atoms with van der Waals surface area (Å²) < 4.78 is 8.87. The minimum atomic E-state index is 0.546. The molecule has 11 aromatic carbocycles. The minimum Gasteiger partial charge on any atom is -0.456 e. The zero-order valence-corrected chi connectivity index (χ0v) is 36.6. The summed E-state index contributed by atoms with van der Waals surface area (Å²) in [7, 11) is 0. The normalized spacial score (nSPS) is 12.0. The highest BCUT2D eigenvalue weighted by Crippen LogP contribution is 2.44. The first-order valence-electron chi connectivity index (χ1n) is 23.0. The van der Waals surface area contributed by atoms with Gasteiger partial charge in [0.15, 0.2) is 0 Å². The highest BCUT2D eigenvalue weighted by molar-refractivity contribution is 6.30. The van der Waals surface area contributed by atoms with Crippen LogP contribution in [-0.4, -0.2) is 10.3 Å². The third-order valence-electron chi connectivity index (χ3n) is 13.5. The van der Waals surface area contributed by atoms with E-state index in [0.717, 1.165) is 61.1 Å². The second-order valence-electron chi connectivity index (χ2n) is 17.4.